The van der Waals surface area contributed by atoms with E-state index < -0.39 is 35.8 Å². The first-order valence-corrected chi connectivity index (χ1v) is 24.4. The van der Waals surface area contributed by atoms with Crippen LogP contribution >= 0.6 is 46.4 Å². The number of nitrogens with zero attached hydrogens (tertiary/aromatic N) is 3. The molecule has 6 aromatic carbocycles. The maximum atomic E-state index is 13.1. The maximum absolute atomic E-state index is 13.1. The number of nitrogens with one attached hydrogen (secondary N) is 2. The third kappa shape index (κ3) is 12.1. The van der Waals surface area contributed by atoms with E-state index in [1.165, 1.54) is 14.2 Å². The van der Waals surface area contributed by atoms with Crippen molar-refractivity contribution in [2.75, 3.05) is 38.9 Å². The number of esters is 2. The molecule has 0 bridgehead atoms. The Morgan fingerprint density at radius 2 is 0.932 bits per heavy atom. The van der Waals surface area contributed by atoms with Gasteiger partial charge < -0.3 is 39.9 Å². The molecular formula is C56H50Cl4N6O8. The molecule has 8 rings (SSSR count). The molecule has 0 saturated carbocycles. The molecule has 0 radical (unpaired) electrons. The number of halogens is 4. The number of benzene rings is 6. The highest BCUT2D eigenvalue weighted by Crippen LogP contribution is 2.29. The van der Waals surface area contributed by atoms with Gasteiger partial charge in [-0.3, -0.25) is 19.2 Å². The Bertz CT molecular complexity index is 3540. The second-order valence-corrected chi connectivity index (χ2v) is 19.0. The van der Waals surface area contributed by atoms with E-state index >= 15 is 0 Å². The number of hydrogen-bond donors (Lipinski definition) is 3. The van der Waals surface area contributed by atoms with Crippen LogP contribution < -0.4 is 32.4 Å². The number of fused-ring (bicyclic) bond motifs is 2. The topological polar surface area (TPSA) is 184 Å². The zero-order chi connectivity index (χ0) is 53.5. The molecule has 8 aromatic rings. The van der Waals surface area contributed by atoms with Gasteiger partial charge in [0.05, 0.1) is 56.5 Å². The number of pyridine rings is 2. The summed E-state index contributed by atoms with van der Waals surface area (Å²) in [6.45, 7) is 0. The Labute approximate surface area is 446 Å². The lowest BCUT2D eigenvalue weighted by Gasteiger charge is -2.18. The number of methoxy groups -OCH3 is 2. The number of aromatic nitrogens is 2. The summed E-state index contributed by atoms with van der Waals surface area (Å²) in [5.74, 6) is -2.39. The van der Waals surface area contributed by atoms with Crippen molar-refractivity contribution < 1.29 is 28.7 Å². The summed E-state index contributed by atoms with van der Waals surface area (Å²) in [7, 11) is 9.91. The molecule has 0 unspecified atom stereocenters. The molecule has 18 heteroatoms. The minimum Gasteiger partial charge on any atom is -0.467 e. The number of hydrogen-bond acceptors (Lipinski definition) is 10. The van der Waals surface area contributed by atoms with Crippen LogP contribution in [0.1, 0.15) is 31.8 Å². The van der Waals surface area contributed by atoms with Crippen LogP contribution in [-0.4, -0.2) is 73.3 Å². The number of nitrogens with two attached hydrogens (primary N) is 1. The highest BCUT2D eigenvalue weighted by atomic mass is 35.5. The second kappa shape index (κ2) is 23.5. The van der Waals surface area contributed by atoms with Gasteiger partial charge in [0.15, 0.2) is 0 Å². The monoisotopic (exact) mass is 1070 g/mol. The quantitative estimate of drug-likeness (QED) is 0.0742. The van der Waals surface area contributed by atoms with E-state index in [9.17, 15) is 28.8 Å². The predicted octanol–water partition coefficient (Wildman–Crippen LogP) is 9.70. The van der Waals surface area contributed by atoms with Gasteiger partial charge in [0, 0.05) is 74.3 Å². The smallest absolute Gasteiger partial charge is 0.328 e. The van der Waals surface area contributed by atoms with E-state index in [0.717, 1.165) is 44.2 Å². The van der Waals surface area contributed by atoms with Crippen LogP contribution in [0.5, 0.6) is 0 Å². The first-order valence-electron chi connectivity index (χ1n) is 22.8. The van der Waals surface area contributed by atoms with Crippen LogP contribution in [0.2, 0.25) is 20.1 Å². The standard InChI is InChI=1S/C29H27Cl2N3O4.C27H23Cl2N3O4/c1-33(2)20-12-13-25-19(15-20)16-21(28(36)34(25)3)18-10-8-17(9-11-18)14-24(29(37)38-4)32-27(35)26-22(30)6-5-7-23(26)31;1-32-23-11-10-18(30)13-17(23)14-19(26(32)34)16-8-6-15(7-9-16)12-22(27(35)36-2)31-25(33)24-20(28)4-3-5-21(24)29/h5-13,15-16,24H,14H2,1-4H3,(H,32,35);3-11,13-14,22H,12,30H2,1-2H3,(H,31,33)/t24-;22-/m00/s1. The molecule has 0 spiro atoms. The third-order valence-electron chi connectivity index (χ3n) is 12.3. The lowest BCUT2D eigenvalue weighted by atomic mass is 10.00. The molecule has 0 aliphatic heterocycles. The lowest BCUT2D eigenvalue weighted by Crippen LogP contribution is -2.43. The zero-order valence-corrected chi connectivity index (χ0v) is 44.0. The van der Waals surface area contributed by atoms with Gasteiger partial charge in [0.2, 0.25) is 0 Å². The SMILES string of the molecule is COC(=O)[C@H](Cc1ccc(-c2cc3cc(N(C)C)ccc3n(C)c2=O)cc1)NC(=O)c1c(Cl)cccc1Cl.COC(=O)[C@H](Cc1ccc(-c2cc3cc(N)ccc3n(C)c2=O)cc1)NC(=O)c1c(Cl)cccc1Cl. The molecule has 2 heterocycles. The van der Waals surface area contributed by atoms with Gasteiger partial charge in [0.1, 0.15) is 12.1 Å². The summed E-state index contributed by atoms with van der Waals surface area (Å²) in [5.41, 5.74) is 13.2. The van der Waals surface area contributed by atoms with Crippen LogP contribution in [-0.2, 0) is 46.0 Å². The van der Waals surface area contributed by atoms with Gasteiger partial charge in [-0.05, 0) is 95.1 Å². The molecule has 0 saturated heterocycles. The summed E-state index contributed by atoms with van der Waals surface area (Å²) >= 11 is 24.6. The maximum Gasteiger partial charge on any atom is 0.328 e. The number of ether oxygens (including phenoxy) is 2. The van der Waals surface area contributed by atoms with Gasteiger partial charge in [-0.2, -0.15) is 0 Å². The first-order chi connectivity index (χ1) is 35.3. The van der Waals surface area contributed by atoms with Crippen molar-refractivity contribution in [2.24, 2.45) is 14.1 Å². The van der Waals surface area contributed by atoms with Gasteiger partial charge in [-0.15, -0.1) is 0 Å². The minimum atomic E-state index is -0.975. The fourth-order valence-corrected chi connectivity index (χ4v) is 9.48. The molecule has 4 N–H and O–H groups in total. The van der Waals surface area contributed by atoms with E-state index in [-0.39, 0.29) is 55.2 Å². The Balaban J connectivity index is 0.000000217. The van der Waals surface area contributed by atoms with E-state index in [2.05, 4.69) is 10.6 Å². The molecule has 0 aliphatic carbocycles. The molecule has 74 heavy (non-hydrogen) atoms. The van der Waals surface area contributed by atoms with E-state index in [1.807, 2.05) is 85.7 Å². The molecule has 2 atom stereocenters. The van der Waals surface area contributed by atoms with Gasteiger partial charge in [-0.1, -0.05) is 107 Å². The number of rotatable bonds is 13. The van der Waals surface area contributed by atoms with Crippen LogP contribution in [0.15, 0.2) is 143 Å². The number of carbonyl (C=O) groups excluding carboxylic acids is 4. The average molecular weight is 1080 g/mol. The molecule has 2 aromatic heterocycles. The largest absolute Gasteiger partial charge is 0.467 e. The minimum absolute atomic E-state index is 0.0814. The highest BCUT2D eigenvalue weighted by Gasteiger charge is 2.27. The van der Waals surface area contributed by atoms with Crippen molar-refractivity contribution in [3.63, 3.8) is 0 Å². The lowest BCUT2D eigenvalue weighted by molar-refractivity contribution is -0.143. The Morgan fingerprint density at radius 3 is 1.31 bits per heavy atom. The number of carbonyl (C=O) groups is 4. The van der Waals surface area contributed by atoms with Gasteiger partial charge in [-0.25, -0.2) is 9.59 Å². The third-order valence-corrected chi connectivity index (χ3v) is 13.6. The number of anilines is 2. The summed E-state index contributed by atoms with van der Waals surface area (Å²) < 4.78 is 13.0. The van der Waals surface area contributed by atoms with E-state index in [0.29, 0.717) is 22.4 Å². The summed E-state index contributed by atoms with van der Waals surface area (Å²) in [6.07, 6.45) is 0.329. The zero-order valence-electron chi connectivity index (χ0n) is 41.0. The summed E-state index contributed by atoms with van der Waals surface area (Å²) in [4.78, 5) is 78.7. The van der Waals surface area contributed by atoms with Crippen molar-refractivity contribution in [3.8, 4) is 22.3 Å². The molecular weight excluding hydrogens is 1030 g/mol. The molecule has 2 amide bonds. The van der Waals surface area contributed by atoms with Crippen LogP contribution in [0.3, 0.4) is 0 Å². The summed E-state index contributed by atoms with van der Waals surface area (Å²) in [6, 6.07) is 37.0. The average Bonchev–Trinajstić information content (AvgIpc) is 3.38. The molecule has 0 fully saturated rings. The fraction of sp³-hybridized carbons (Fsp3) is 0.179. The van der Waals surface area contributed by atoms with Gasteiger partial charge in [0.25, 0.3) is 22.9 Å². The fourth-order valence-electron chi connectivity index (χ4n) is 8.34. The second-order valence-electron chi connectivity index (χ2n) is 17.4. The van der Waals surface area contributed by atoms with Crippen molar-refractivity contribution in [2.45, 2.75) is 24.9 Å². The molecule has 380 valence electrons. The number of nitrogen functional groups attached to an aromatic ring is 1. The van der Waals surface area contributed by atoms with Crippen molar-refractivity contribution >= 4 is 103 Å². The van der Waals surface area contributed by atoms with E-state index in [4.69, 9.17) is 61.6 Å². The predicted molar refractivity (Wildman–Crippen MR) is 295 cm³/mol. The molecule has 14 nitrogen and oxygen atoms in total. The highest BCUT2D eigenvalue weighted by molar-refractivity contribution is 6.40. The first kappa shape index (κ1) is 54.2. The van der Waals surface area contributed by atoms with Crippen LogP contribution in [0.25, 0.3) is 44.1 Å². The Kier molecular flexibility index (Phi) is 17.2. The Hall–Kier alpha value is -7.62. The van der Waals surface area contributed by atoms with Crippen LogP contribution in [0, 0.1) is 0 Å². The normalized spacial score (nSPS) is 11.8. The Morgan fingerprint density at radius 1 is 0.554 bits per heavy atom. The van der Waals surface area contributed by atoms with Crippen molar-refractivity contribution in [1.29, 1.82) is 0 Å². The number of aryl methyl sites for hydroxylation is 2. The van der Waals surface area contributed by atoms with Crippen molar-refractivity contribution in [3.05, 3.63) is 197 Å². The van der Waals surface area contributed by atoms with E-state index in [1.54, 1.807) is 90.0 Å². The summed E-state index contributed by atoms with van der Waals surface area (Å²) in [5, 5.41) is 7.83. The number of amides is 2. The van der Waals surface area contributed by atoms with Crippen molar-refractivity contribution in [1.82, 2.24) is 19.8 Å². The van der Waals surface area contributed by atoms with Crippen LogP contribution in [0.4, 0.5) is 11.4 Å². The van der Waals surface area contributed by atoms with Gasteiger partial charge >= 0.3 is 11.9 Å². The molecule has 0 aliphatic rings.